The molecule has 25 heavy (non-hydrogen) atoms. The summed E-state index contributed by atoms with van der Waals surface area (Å²) in [6.07, 6.45) is 0. The number of aryl methyl sites for hydroxylation is 2. The summed E-state index contributed by atoms with van der Waals surface area (Å²) in [5.74, 6) is 0.657. The minimum absolute atomic E-state index is 0.0512. The van der Waals surface area contributed by atoms with Crippen molar-refractivity contribution in [3.8, 4) is 5.75 Å². The molecule has 0 N–H and O–H groups in total. The third kappa shape index (κ3) is 3.09. The van der Waals surface area contributed by atoms with Crippen LogP contribution < -0.4 is 14.5 Å². The Kier molecular flexibility index (Phi) is 4.47. The first-order valence-electron chi connectivity index (χ1n) is 7.93. The van der Waals surface area contributed by atoms with Crippen LogP contribution in [0.3, 0.4) is 0 Å². The van der Waals surface area contributed by atoms with Crippen LogP contribution in [0.2, 0.25) is 0 Å². The number of piperazine rings is 1. The monoisotopic (exact) mass is 349 g/mol. The Morgan fingerprint density at radius 2 is 1.88 bits per heavy atom. The summed E-state index contributed by atoms with van der Waals surface area (Å²) < 4.78 is 20.2. The molecule has 9 heteroatoms. The predicted molar refractivity (Wildman–Crippen MR) is 92.0 cm³/mol. The lowest BCUT2D eigenvalue weighted by molar-refractivity contribution is -0.384. The molecule has 2 heterocycles. The van der Waals surface area contributed by atoms with E-state index in [1.165, 1.54) is 19.2 Å². The van der Waals surface area contributed by atoms with Crippen LogP contribution in [0.15, 0.2) is 18.2 Å². The van der Waals surface area contributed by atoms with Crippen molar-refractivity contribution >= 4 is 17.2 Å². The minimum atomic E-state index is -0.382. The van der Waals surface area contributed by atoms with E-state index >= 15 is 0 Å². The lowest BCUT2D eigenvalue weighted by Crippen LogP contribution is -2.47. The van der Waals surface area contributed by atoms with Crippen LogP contribution >= 0.6 is 0 Å². The number of rotatable bonds is 4. The first kappa shape index (κ1) is 17.0. The first-order chi connectivity index (χ1) is 11.9. The molecule has 3 rings (SSSR count). The first-order valence-corrected chi connectivity index (χ1v) is 7.93. The van der Waals surface area contributed by atoms with Gasteiger partial charge in [-0.25, -0.2) is 9.07 Å². The summed E-state index contributed by atoms with van der Waals surface area (Å²) >= 11 is 0. The summed E-state index contributed by atoms with van der Waals surface area (Å²) in [6.45, 7) is 4.12. The van der Waals surface area contributed by atoms with E-state index in [-0.39, 0.29) is 16.4 Å². The molecule has 1 saturated heterocycles. The normalized spacial score (nSPS) is 14.7. The number of hydrogen-bond donors (Lipinski definition) is 0. The van der Waals surface area contributed by atoms with Crippen LogP contribution in [0.4, 0.5) is 21.6 Å². The Morgan fingerprint density at radius 1 is 1.24 bits per heavy atom. The zero-order chi connectivity index (χ0) is 18.1. The van der Waals surface area contributed by atoms with Crippen molar-refractivity contribution in [3.63, 3.8) is 0 Å². The Labute approximate surface area is 144 Å². The molecule has 0 amide bonds. The quantitative estimate of drug-likeness (QED) is 0.622. The van der Waals surface area contributed by atoms with E-state index in [0.717, 1.165) is 5.69 Å². The van der Waals surface area contributed by atoms with Gasteiger partial charge in [-0.15, -0.1) is 0 Å². The Hall–Kier alpha value is -2.84. The van der Waals surface area contributed by atoms with Gasteiger partial charge in [0.25, 0.3) is 0 Å². The number of aromatic nitrogens is 2. The fourth-order valence-corrected chi connectivity index (χ4v) is 3.27. The second-order valence-corrected chi connectivity index (χ2v) is 5.93. The molecule has 0 saturated carbocycles. The van der Waals surface area contributed by atoms with Gasteiger partial charge < -0.3 is 14.5 Å². The molecule has 0 aliphatic carbocycles. The maximum Gasteiger partial charge on any atom is 0.333 e. The van der Waals surface area contributed by atoms with Crippen molar-refractivity contribution in [1.82, 2.24) is 9.78 Å². The van der Waals surface area contributed by atoms with Crippen molar-refractivity contribution < 1.29 is 14.1 Å². The topological polar surface area (TPSA) is 76.7 Å². The third-order valence-electron chi connectivity index (χ3n) is 4.41. The smallest absolute Gasteiger partial charge is 0.333 e. The van der Waals surface area contributed by atoms with Crippen LogP contribution in [-0.2, 0) is 7.05 Å². The number of benzene rings is 1. The number of hydrogen-bond acceptors (Lipinski definition) is 6. The third-order valence-corrected chi connectivity index (χ3v) is 4.41. The highest BCUT2D eigenvalue weighted by molar-refractivity contribution is 5.64. The molecule has 2 aromatic rings. The summed E-state index contributed by atoms with van der Waals surface area (Å²) in [6, 6.07) is 4.46. The van der Waals surface area contributed by atoms with Crippen LogP contribution in [0.5, 0.6) is 5.75 Å². The molecule has 8 nitrogen and oxygen atoms in total. The molecule has 134 valence electrons. The molecule has 1 aromatic carbocycles. The number of anilines is 2. The number of nitrogens with zero attached hydrogens (tertiary/aromatic N) is 5. The van der Waals surface area contributed by atoms with E-state index < -0.39 is 0 Å². The number of methoxy groups -OCH3 is 1. The predicted octanol–water partition coefficient (Wildman–Crippen LogP) is 2.11. The van der Waals surface area contributed by atoms with Gasteiger partial charge in [-0.1, -0.05) is 0 Å². The average Bonchev–Trinajstić information content (AvgIpc) is 2.89. The molecular weight excluding hydrogens is 329 g/mol. The van der Waals surface area contributed by atoms with Crippen molar-refractivity contribution in [2.45, 2.75) is 6.92 Å². The maximum atomic E-state index is 13.4. The number of halogens is 1. The van der Waals surface area contributed by atoms with Crippen molar-refractivity contribution in [2.24, 2.45) is 7.05 Å². The highest BCUT2D eigenvalue weighted by Crippen LogP contribution is 2.34. The van der Waals surface area contributed by atoms with E-state index in [9.17, 15) is 14.5 Å². The fourth-order valence-electron chi connectivity index (χ4n) is 3.27. The van der Waals surface area contributed by atoms with Gasteiger partial charge in [0.1, 0.15) is 17.3 Å². The second kappa shape index (κ2) is 6.58. The highest BCUT2D eigenvalue weighted by Gasteiger charge is 2.30. The average molecular weight is 349 g/mol. The molecule has 1 aliphatic rings. The summed E-state index contributed by atoms with van der Waals surface area (Å²) in [7, 11) is 3.22. The molecule has 1 aliphatic heterocycles. The van der Waals surface area contributed by atoms with Gasteiger partial charge in [-0.3, -0.25) is 10.1 Å². The summed E-state index contributed by atoms with van der Waals surface area (Å²) in [4.78, 5) is 15.0. The molecule has 0 radical (unpaired) electrons. The molecule has 0 unspecified atom stereocenters. The number of ether oxygens (including phenoxy) is 1. The van der Waals surface area contributed by atoms with E-state index in [4.69, 9.17) is 4.74 Å². The van der Waals surface area contributed by atoms with Gasteiger partial charge in [0.15, 0.2) is 0 Å². The second-order valence-electron chi connectivity index (χ2n) is 5.93. The van der Waals surface area contributed by atoms with E-state index in [2.05, 4.69) is 10.00 Å². The summed E-state index contributed by atoms with van der Waals surface area (Å²) in [5, 5.41) is 15.5. The van der Waals surface area contributed by atoms with Gasteiger partial charge in [-0.05, 0) is 19.1 Å². The number of nitro groups is 1. The van der Waals surface area contributed by atoms with Crippen LogP contribution in [0.1, 0.15) is 5.69 Å². The maximum absolute atomic E-state index is 13.4. The molecular formula is C16H20FN5O3. The lowest BCUT2D eigenvalue weighted by atomic mass is 10.2. The molecule has 0 spiro atoms. The zero-order valence-corrected chi connectivity index (χ0v) is 14.4. The van der Waals surface area contributed by atoms with Gasteiger partial charge in [0.05, 0.1) is 17.7 Å². The van der Waals surface area contributed by atoms with E-state index in [1.807, 2.05) is 4.90 Å². The summed E-state index contributed by atoms with van der Waals surface area (Å²) in [5.41, 5.74) is 1.28. The van der Waals surface area contributed by atoms with Crippen LogP contribution in [-0.4, -0.2) is 48.0 Å². The molecule has 1 fully saturated rings. The minimum Gasteiger partial charge on any atom is -0.494 e. The SMILES string of the molecule is COc1cc(F)ccc1N1CCN(c2c([N+](=O)[O-])c(C)nn2C)CC1. The van der Waals surface area contributed by atoms with Gasteiger partial charge in [-0.2, -0.15) is 5.10 Å². The molecule has 0 bridgehead atoms. The Bertz CT molecular complexity index is 799. The highest BCUT2D eigenvalue weighted by atomic mass is 19.1. The molecule has 1 aromatic heterocycles. The van der Waals surface area contributed by atoms with E-state index in [0.29, 0.717) is 43.4 Å². The van der Waals surface area contributed by atoms with Gasteiger partial charge in [0.2, 0.25) is 5.82 Å². The van der Waals surface area contributed by atoms with Crippen molar-refractivity contribution in [1.29, 1.82) is 0 Å². The largest absolute Gasteiger partial charge is 0.494 e. The molecule has 0 atom stereocenters. The van der Waals surface area contributed by atoms with Crippen LogP contribution in [0.25, 0.3) is 0 Å². The standard InChI is InChI=1S/C16H20FN5O3/c1-11-15(22(23)24)16(19(2)18-11)21-8-6-20(7-9-21)13-5-4-12(17)10-14(13)25-3/h4-5,10H,6-9H2,1-3H3. The fraction of sp³-hybridized carbons (Fsp3) is 0.438. The Morgan fingerprint density at radius 3 is 2.48 bits per heavy atom. The van der Waals surface area contributed by atoms with Gasteiger partial charge in [0, 0.05) is 39.3 Å². The van der Waals surface area contributed by atoms with Gasteiger partial charge >= 0.3 is 5.69 Å². The van der Waals surface area contributed by atoms with Crippen molar-refractivity contribution in [2.75, 3.05) is 43.1 Å². The van der Waals surface area contributed by atoms with Crippen molar-refractivity contribution in [3.05, 3.63) is 39.8 Å². The zero-order valence-electron chi connectivity index (χ0n) is 14.4. The van der Waals surface area contributed by atoms with Crippen LogP contribution in [0, 0.1) is 22.9 Å². The Balaban J connectivity index is 1.80. The van der Waals surface area contributed by atoms with E-state index in [1.54, 1.807) is 24.7 Å². The lowest BCUT2D eigenvalue weighted by Gasteiger charge is -2.37.